The zero-order valence-corrected chi connectivity index (χ0v) is 20.7. The van der Waals surface area contributed by atoms with Gasteiger partial charge in [-0.1, -0.05) is 26.2 Å². The van der Waals surface area contributed by atoms with Crippen molar-refractivity contribution in [2.45, 2.75) is 70.8 Å². The van der Waals surface area contributed by atoms with Crippen molar-refractivity contribution in [3.8, 4) is 5.75 Å². The van der Waals surface area contributed by atoms with E-state index in [0.29, 0.717) is 36.4 Å². The first-order valence-corrected chi connectivity index (χ1v) is 12.8. The van der Waals surface area contributed by atoms with Gasteiger partial charge in [-0.3, -0.25) is 9.59 Å². The molecule has 0 bridgehead atoms. The minimum atomic E-state index is -0.610. The van der Waals surface area contributed by atoms with Crippen LogP contribution in [0.15, 0.2) is 27.4 Å². The van der Waals surface area contributed by atoms with Gasteiger partial charge in [0.25, 0.3) is 5.91 Å². The standard InChI is InChI=1S/C27H36N2O6/c1-3-6-19-15-25(32)35-26-18(2)22(9-8-21(19)26)34-17-23(30)28-13-10-24(31)29-14-12-27(33)11-5-4-7-20(27)16-29/h8-9,15,20,33H,3-7,10-14,16-17H2,1-2H3,(H,28,30). The fourth-order valence-electron chi connectivity index (χ4n) is 5.50. The molecule has 2 heterocycles. The van der Waals surface area contributed by atoms with Gasteiger partial charge in [0.1, 0.15) is 11.3 Å². The number of nitrogens with one attached hydrogen (secondary N) is 1. The lowest BCUT2D eigenvalue weighted by molar-refractivity contribution is -0.143. The fourth-order valence-corrected chi connectivity index (χ4v) is 5.50. The molecule has 1 aromatic heterocycles. The molecule has 190 valence electrons. The molecule has 1 saturated heterocycles. The summed E-state index contributed by atoms with van der Waals surface area (Å²) in [5.74, 6) is 0.319. The summed E-state index contributed by atoms with van der Waals surface area (Å²) in [5, 5.41) is 14.4. The second-order valence-electron chi connectivity index (χ2n) is 9.93. The smallest absolute Gasteiger partial charge is 0.336 e. The molecule has 2 fully saturated rings. The normalized spacial score (nSPS) is 22.0. The van der Waals surface area contributed by atoms with Crippen LogP contribution in [-0.4, -0.2) is 53.7 Å². The van der Waals surface area contributed by atoms with Crippen molar-refractivity contribution in [3.05, 3.63) is 39.7 Å². The molecular weight excluding hydrogens is 448 g/mol. The Hall–Kier alpha value is -2.87. The van der Waals surface area contributed by atoms with Gasteiger partial charge in [0, 0.05) is 49.0 Å². The summed E-state index contributed by atoms with van der Waals surface area (Å²) in [7, 11) is 0. The van der Waals surface area contributed by atoms with Crippen molar-refractivity contribution in [1.29, 1.82) is 0 Å². The number of nitrogens with zero attached hydrogens (tertiary/aromatic N) is 1. The number of hydrogen-bond donors (Lipinski definition) is 2. The van der Waals surface area contributed by atoms with Crippen LogP contribution in [-0.2, 0) is 16.0 Å². The maximum Gasteiger partial charge on any atom is 0.336 e. The Morgan fingerprint density at radius 2 is 2.11 bits per heavy atom. The highest BCUT2D eigenvalue weighted by Crippen LogP contribution is 2.39. The second-order valence-corrected chi connectivity index (χ2v) is 9.93. The van der Waals surface area contributed by atoms with Crippen LogP contribution in [0, 0.1) is 12.8 Å². The molecule has 8 heteroatoms. The molecule has 1 aromatic carbocycles. The van der Waals surface area contributed by atoms with Crippen LogP contribution in [0.2, 0.25) is 0 Å². The molecule has 1 saturated carbocycles. The molecule has 2 amide bonds. The molecule has 2 atom stereocenters. The highest BCUT2D eigenvalue weighted by atomic mass is 16.5. The molecule has 4 rings (SSSR count). The third-order valence-electron chi connectivity index (χ3n) is 7.52. The number of rotatable bonds is 8. The highest BCUT2D eigenvalue weighted by Gasteiger charge is 2.43. The molecule has 0 spiro atoms. The quantitative estimate of drug-likeness (QED) is 0.558. The molecule has 8 nitrogen and oxygen atoms in total. The van der Waals surface area contributed by atoms with E-state index in [0.717, 1.165) is 49.5 Å². The van der Waals surface area contributed by atoms with Crippen molar-refractivity contribution in [3.63, 3.8) is 0 Å². The Morgan fingerprint density at radius 3 is 2.91 bits per heavy atom. The largest absolute Gasteiger partial charge is 0.483 e. The van der Waals surface area contributed by atoms with Crippen LogP contribution in [0.4, 0.5) is 0 Å². The molecule has 1 aliphatic carbocycles. The number of amides is 2. The average Bonchev–Trinajstić information content (AvgIpc) is 2.83. The lowest BCUT2D eigenvalue weighted by Gasteiger charge is -2.47. The number of ether oxygens (including phenoxy) is 1. The summed E-state index contributed by atoms with van der Waals surface area (Å²) in [6, 6.07) is 5.17. The Kier molecular flexibility index (Phi) is 7.79. The van der Waals surface area contributed by atoms with Crippen LogP contribution in [0.25, 0.3) is 11.0 Å². The zero-order chi connectivity index (χ0) is 25.0. The predicted octanol–water partition coefficient (Wildman–Crippen LogP) is 3.09. The summed E-state index contributed by atoms with van der Waals surface area (Å²) >= 11 is 0. The van der Waals surface area contributed by atoms with Gasteiger partial charge in [0.05, 0.1) is 5.60 Å². The molecule has 2 aromatic rings. The Bertz CT molecular complexity index is 1140. The first-order valence-electron chi connectivity index (χ1n) is 12.8. The van der Waals surface area contributed by atoms with Crippen LogP contribution < -0.4 is 15.7 Å². The highest BCUT2D eigenvalue weighted by molar-refractivity contribution is 5.85. The van der Waals surface area contributed by atoms with Gasteiger partial charge in [-0.2, -0.15) is 0 Å². The maximum atomic E-state index is 12.6. The molecule has 0 radical (unpaired) electrons. The van der Waals surface area contributed by atoms with Crippen LogP contribution in [0.3, 0.4) is 0 Å². The predicted molar refractivity (Wildman–Crippen MR) is 132 cm³/mol. The Morgan fingerprint density at radius 1 is 1.29 bits per heavy atom. The summed E-state index contributed by atoms with van der Waals surface area (Å²) in [4.78, 5) is 38.7. The average molecular weight is 485 g/mol. The van der Waals surface area contributed by atoms with Crippen LogP contribution in [0.5, 0.6) is 5.75 Å². The van der Waals surface area contributed by atoms with Crippen LogP contribution in [0.1, 0.15) is 63.0 Å². The van der Waals surface area contributed by atoms with Gasteiger partial charge in [0.15, 0.2) is 6.61 Å². The van der Waals surface area contributed by atoms with Crippen molar-refractivity contribution in [2.24, 2.45) is 5.92 Å². The number of aliphatic hydroxyl groups is 1. The maximum absolute atomic E-state index is 12.6. The van der Waals surface area contributed by atoms with E-state index in [4.69, 9.17) is 9.15 Å². The summed E-state index contributed by atoms with van der Waals surface area (Å²) in [5.41, 5.74) is 1.09. The third kappa shape index (κ3) is 5.69. The number of aryl methyl sites for hydroxylation is 2. The number of carbonyl (C=O) groups is 2. The number of carbonyl (C=O) groups excluding carboxylic acids is 2. The first-order chi connectivity index (χ1) is 16.8. The molecule has 2 N–H and O–H groups in total. The second kappa shape index (κ2) is 10.8. The van der Waals surface area contributed by atoms with Crippen molar-refractivity contribution in [2.75, 3.05) is 26.2 Å². The monoisotopic (exact) mass is 484 g/mol. The molecule has 35 heavy (non-hydrogen) atoms. The number of fused-ring (bicyclic) bond motifs is 2. The van der Waals surface area contributed by atoms with E-state index in [1.807, 2.05) is 11.0 Å². The van der Waals surface area contributed by atoms with Crippen molar-refractivity contribution >= 4 is 22.8 Å². The van der Waals surface area contributed by atoms with Crippen LogP contribution >= 0.6 is 0 Å². The van der Waals surface area contributed by atoms with Gasteiger partial charge in [-0.25, -0.2) is 4.79 Å². The van der Waals surface area contributed by atoms with Gasteiger partial charge in [-0.15, -0.1) is 0 Å². The molecule has 1 aliphatic heterocycles. The molecule has 2 aliphatic rings. The van der Waals surface area contributed by atoms with E-state index in [2.05, 4.69) is 12.2 Å². The van der Waals surface area contributed by atoms with E-state index in [1.54, 1.807) is 13.0 Å². The zero-order valence-electron chi connectivity index (χ0n) is 20.7. The first kappa shape index (κ1) is 25.2. The van der Waals surface area contributed by atoms with E-state index < -0.39 is 11.2 Å². The van der Waals surface area contributed by atoms with E-state index >= 15 is 0 Å². The Balaban J connectivity index is 1.26. The van der Waals surface area contributed by atoms with E-state index in [1.165, 1.54) is 6.07 Å². The Labute approximate surface area is 205 Å². The topological polar surface area (TPSA) is 109 Å². The van der Waals surface area contributed by atoms with Gasteiger partial charge in [0.2, 0.25) is 5.91 Å². The summed E-state index contributed by atoms with van der Waals surface area (Å²) in [6.07, 6.45) is 6.51. The fraction of sp³-hybridized carbons (Fsp3) is 0.593. The summed E-state index contributed by atoms with van der Waals surface area (Å²) < 4.78 is 11.1. The van der Waals surface area contributed by atoms with Gasteiger partial charge < -0.3 is 24.5 Å². The van der Waals surface area contributed by atoms with E-state index in [-0.39, 0.29) is 37.3 Å². The number of piperidine rings is 1. The molecular formula is C27H36N2O6. The van der Waals surface area contributed by atoms with Crippen molar-refractivity contribution in [1.82, 2.24) is 10.2 Å². The number of hydrogen-bond acceptors (Lipinski definition) is 6. The minimum Gasteiger partial charge on any atom is -0.483 e. The number of likely N-dealkylation sites (tertiary alicyclic amines) is 1. The molecule has 2 unspecified atom stereocenters. The van der Waals surface area contributed by atoms with E-state index in [9.17, 15) is 19.5 Å². The lowest BCUT2D eigenvalue weighted by Crippen LogP contribution is -2.54. The van der Waals surface area contributed by atoms with Gasteiger partial charge in [-0.05, 0) is 50.3 Å². The SMILES string of the molecule is CCCc1cc(=O)oc2c(C)c(OCC(=O)NCCC(=O)N3CCC4(O)CCCCC4C3)ccc12. The number of benzene rings is 1. The summed E-state index contributed by atoms with van der Waals surface area (Å²) in [6.45, 7) is 5.07. The third-order valence-corrected chi connectivity index (χ3v) is 7.52. The van der Waals surface area contributed by atoms with Gasteiger partial charge >= 0.3 is 5.63 Å². The minimum absolute atomic E-state index is 0.00197. The van der Waals surface area contributed by atoms with Crippen molar-refractivity contribution < 1.29 is 23.8 Å². The lowest BCUT2D eigenvalue weighted by atomic mass is 9.71.